The Labute approximate surface area is 139 Å². The Balaban J connectivity index is 1.66. The molecule has 0 bridgehead atoms. The molecule has 0 saturated carbocycles. The zero-order chi connectivity index (χ0) is 16.9. The molecule has 124 valence electrons. The first-order chi connectivity index (χ1) is 11.6. The maximum Gasteiger partial charge on any atom is 0.246 e. The van der Waals surface area contributed by atoms with E-state index in [4.69, 9.17) is 4.74 Å². The van der Waals surface area contributed by atoms with Crippen LogP contribution in [0, 0.1) is 5.82 Å². The van der Waals surface area contributed by atoms with Gasteiger partial charge in [0.15, 0.2) is 11.6 Å². The molecule has 2 heterocycles. The van der Waals surface area contributed by atoms with E-state index in [2.05, 4.69) is 4.98 Å². The molecule has 1 aromatic heterocycles. The van der Waals surface area contributed by atoms with Crippen molar-refractivity contribution in [2.45, 2.75) is 12.5 Å². The Morgan fingerprint density at radius 3 is 2.96 bits per heavy atom. The number of halogens is 1. The van der Waals surface area contributed by atoms with E-state index in [-0.39, 0.29) is 11.7 Å². The number of nitrogens with zero attached hydrogens (tertiary/aromatic N) is 2. The smallest absolute Gasteiger partial charge is 0.246 e. The van der Waals surface area contributed by atoms with Crippen molar-refractivity contribution >= 4 is 12.0 Å². The van der Waals surface area contributed by atoms with Crippen LogP contribution in [-0.2, 0) is 4.79 Å². The van der Waals surface area contributed by atoms with Crippen LogP contribution in [0.1, 0.15) is 12.0 Å². The molecule has 1 aromatic carbocycles. The van der Waals surface area contributed by atoms with Gasteiger partial charge in [-0.15, -0.1) is 0 Å². The molecular weight excluding hydrogens is 311 g/mol. The van der Waals surface area contributed by atoms with Crippen molar-refractivity contribution < 1.29 is 19.0 Å². The van der Waals surface area contributed by atoms with Crippen LogP contribution in [0.25, 0.3) is 6.08 Å². The number of carbonyl (C=O) groups excluding carboxylic acids is 1. The van der Waals surface area contributed by atoms with Crippen LogP contribution < -0.4 is 4.74 Å². The van der Waals surface area contributed by atoms with Crippen LogP contribution in [0.2, 0.25) is 0 Å². The molecule has 24 heavy (non-hydrogen) atoms. The lowest BCUT2D eigenvalue weighted by Gasteiger charge is -2.12. The van der Waals surface area contributed by atoms with Gasteiger partial charge in [-0.05, 0) is 42.3 Å². The van der Waals surface area contributed by atoms with E-state index >= 15 is 0 Å². The van der Waals surface area contributed by atoms with Gasteiger partial charge in [0.05, 0.1) is 12.3 Å². The van der Waals surface area contributed by atoms with Crippen molar-refractivity contribution in [2.24, 2.45) is 0 Å². The maximum atomic E-state index is 14.1. The highest BCUT2D eigenvalue weighted by Crippen LogP contribution is 2.24. The molecule has 5 nitrogen and oxygen atoms in total. The molecule has 3 rings (SSSR count). The molecule has 1 atom stereocenters. The van der Waals surface area contributed by atoms with E-state index in [1.54, 1.807) is 35.4 Å². The molecular formula is C18H17FN2O3. The van der Waals surface area contributed by atoms with Crippen LogP contribution >= 0.6 is 0 Å². The second-order valence-corrected chi connectivity index (χ2v) is 5.54. The number of hydrogen-bond acceptors (Lipinski definition) is 4. The van der Waals surface area contributed by atoms with E-state index < -0.39 is 11.9 Å². The van der Waals surface area contributed by atoms with Crippen molar-refractivity contribution in [2.75, 3.05) is 13.1 Å². The number of aliphatic hydroxyl groups excluding tert-OH is 1. The van der Waals surface area contributed by atoms with Crippen LogP contribution in [0.5, 0.6) is 11.5 Å². The summed E-state index contributed by atoms with van der Waals surface area (Å²) in [6, 6.07) is 7.85. The van der Waals surface area contributed by atoms with Gasteiger partial charge in [0.2, 0.25) is 5.91 Å². The Morgan fingerprint density at radius 2 is 2.29 bits per heavy atom. The summed E-state index contributed by atoms with van der Waals surface area (Å²) >= 11 is 0. The fourth-order valence-electron chi connectivity index (χ4n) is 2.45. The van der Waals surface area contributed by atoms with Gasteiger partial charge < -0.3 is 14.7 Å². The highest BCUT2D eigenvalue weighted by Gasteiger charge is 2.22. The minimum atomic E-state index is -0.523. The molecule has 1 amide bonds. The largest absolute Gasteiger partial charge is 0.453 e. The lowest BCUT2D eigenvalue weighted by Crippen LogP contribution is -2.27. The summed E-state index contributed by atoms with van der Waals surface area (Å²) < 4.78 is 19.5. The molecule has 0 radical (unpaired) electrons. The third-order valence-corrected chi connectivity index (χ3v) is 3.71. The Hall–Kier alpha value is -2.73. The number of amides is 1. The van der Waals surface area contributed by atoms with Gasteiger partial charge in [-0.2, -0.15) is 0 Å². The predicted octanol–water partition coefficient (Wildman–Crippen LogP) is 2.62. The summed E-state index contributed by atoms with van der Waals surface area (Å²) in [7, 11) is 0. The second-order valence-electron chi connectivity index (χ2n) is 5.54. The molecule has 1 N–H and O–H groups in total. The summed E-state index contributed by atoms with van der Waals surface area (Å²) in [4.78, 5) is 17.4. The Kier molecular flexibility index (Phi) is 4.86. The fraction of sp³-hybridized carbons (Fsp3) is 0.222. The lowest BCUT2D eigenvalue weighted by molar-refractivity contribution is -0.125. The van der Waals surface area contributed by atoms with Crippen LogP contribution in [0.3, 0.4) is 0 Å². The SMILES string of the molecule is O=C(/C=C/c1ccc(Oc2cccnc2)c(F)c1)N1CC[C@@H](O)C1. The van der Waals surface area contributed by atoms with Crippen molar-refractivity contribution in [3.8, 4) is 11.5 Å². The first-order valence-corrected chi connectivity index (χ1v) is 7.64. The standard InChI is InChI=1S/C18H17FN2O3/c19-16-10-13(4-6-18(23)21-9-7-14(22)12-21)3-5-17(16)24-15-2-1-8-20-11-15/h1-6,8,10-11,14,22H,7,9,12H2/b6-4+/t14-/m1/s1. The normalized spacial score (nSPS) is 17.4. The number of aromatic nitrogens is 1. The summed E-state index contributed by atoms with van der Waals surface area (Å²) in [6.07, 6.45) is 6.17. The third-order valence-electron chi connectivity index (χ3n) is 3.71. The zero-order valence-corrected chi connectivity index (χ0v) is 12.9. The molecule has 1 fully saturated rings. The van der Waals surface area contributed by atoms with Crippen molar-refractivity contribution in [3.05, 3.63) is 60.2 Å². The van der Waals surface area contributed by atoms with Gasteiger partial charge in [-0.3, -0.25) is 9.78 Å². The second kappa shape index (κ2) is 7.23. The first-order valence-electron chi connectivity index (χ1n) is 7.64. The monoisotopic (exact) mass is 328 g/mol. The number of pyridine rings is 1. The molecule has 0 aliphatic carbocycles. The summed E-state index contributed by atoms with van der Waals surface area (Å²) in [5, 5.41) is 9.44. The van der Waals surface area contributed by atoms with Crippen molar-refractivity contribution in [1.82, 2.24) is 9.88 Å². The number of rotatable bonds is 4. The topological polar surface area (TPSA) is 62.7 Å². The molecule has 1 aliphatic heterocycles. The van der Waals surface area contributed by atoms with Crippen LogP contribution in [0.4, 0.5) is 4.39 Å². The number of β-amino-alcohol motifs (C(OH)–C–C–N with tert-alkyl or cyclic N) is 1. The molecule has 1 aliphatic rings. The van der Waals surface area contributed by atoms with Crippen LogP contribution in [-0.4, -0.2) is 40.1 Å². The minimum Gasteiger partial charge on any atom is -0.453 e. The van der Waals surface area contributed by atoms with Gasteiger partial charge >= 0.3 is 0 Å². The van der Waals surface area contributed by atoms with Gasteiger partial charge in [0, 0.05) is 25.4 Å². The molecule has 1 saturated heterocycles. The third kappa shape index (κ3) is 3.97. The average Bonchev–Trinajstić information content (AvgIpc) is 3.02. The summed E-state index contributed by atoms with van der Waals surface area (Å²) in [5.41, 5.74) is 0.555. The van der Waals surface area contributed by atoms with Crippen molar-refractivity contribution in [1.29, 1.82) is 0 Å². The van der Waals surface area contributed by atoms with Crippen molar-refractivity contribution in [3.63, 3.8) is 0 Å². The fourth-order valence-corrected chi connectivity index (χ4v) is 2.45. The highest BCUT2D eigenvalue weighted by atomic mass is 19.1. The average molecular weight is 328 g/mol. The zero-order valence-electron chi connectivity index (χ0n) is 12.9. The highest BCUT2D eigenvalue weighted by molar-refractivity contribution is 5.92. The molecule has 6 heteroatoms. The quantitative estimate of drug-likeness (QED) is 0.877. The number of likely N-dealkylation sites (tertiary alicyclic amines) is 1. The summed E-state index contributed by atoms with van der Waals surface area (Å²) in [5.74, 6) is -0.177. The predicted molar refractivity (Wildman–Crippen MR) is 86.9 cm³/mol. The van der Waals surface area contributed by atoms with Gasteiger partial charge in [0.1, 0.15) is 5.75 Å². The number of ether oxygens (including phenoxy) is 1. The van der Waals surface area contributed by atoms with E-state index in [0.29, 0.717) is 30.8 Å². The number of benzene rings is 1. The van der Waals surface area contributed by atoms with E-state index in [9.17, 15) is 14.3 Å². The summed E-state index contributed by atoms with van der Waals surface area (Å²) in [6.45, 7) is 0.881. The lowest BCUT2D eigenvalue weighted by atomic mass is 10.2. The molecule has 0 spiro atoms. The number of hydrogen-bond donors (Lipinski definition) is 1. The van der Waals surface area contributed by atoms with E-state index in [0.717, 1.165) is 0 Å². The Morgan fingerprint density at radius 1 is 1.42 bits per heavy atom. The van der Waals surface area contributed by atoms with Gasteiger partial charge in [0.25, 0.3) is 0 Å². The molecule has 2 aromatic rings. The van der Waals surface area contributed by atoms with Gasteiger partial charge in [-0.25, -0.2) is 4.39 Å². The van der Waals surface area contributed by atoms with Crippen LogP contribution in [0.15, 0.2) is 48.8 Å². The van der Waals surface area contributed by atoms with E-state index in [1.165, 1.54) is 24.4 Å². The number of aliphatic hydroxyl groups is 1. The van der Waals surface area contributed by atoms with Gasteiger partial charge in [-0.1, -0.05) is 6.07 Å². The first kappa shape index (κ1) is 16.1. The van der Waals surface area contributed by atoms with E-state index in [1.807, 2.05) is 0 Å². The Bertz CT molecular complexity index is 749. The minimum absolute atomic E-state index is 0.0918. The maximum absolute atomic E-state index is 14.1. The molecule has 0 unspecified atom stereocenters. The number of carbonyl (C=O) groups is 1.